The molecule has 0 aliphatic heterocycles. The van der Waals surface area contributed by atoms with Gasteiger partial charge < -0.3 is 14.2 Å². The molecule has 0 saturated heterocycles. The Hall–Kier alpha value is -4.71. The van der Waals surface area contributed by atoms with E-state index in [2.05, 4.69) is 167 Å². The number of hydrogen-bond donors (Lipinski definition) is 0. The summed E-state index contributed by atoms with van der Waals surface area (Å²) in [5, 5.41) is 0. The zero-order valence-electron chi connectivity index (χ0n) is 44.7. The summed E-state index contributed by atoms with van der Waals surface area (Å²) in [4.78, 5) is 38.0. The van der Waals surface area contributed by atoms with E-state index in [0.717, 1.165) is 141 Å². The van der Waals surface area contributed by atoms with Gasteiger partial charge in [-0.05, 0) is 116 Å². The molecule has 6 nitrogen and oxygen atoms in total. The Morgan fingerprint density at radius 2 is 0.571 bits per heavy atom. The zero-order chi connectivity index (χ0) is 50.7. The number of hydrogen-bond acceptors (Lipinski definition) is 6. The minimum atomic E-state index is -0.816. The van der Waals surface area contributed by atoms with Crippen molar-refractivity contribution in [1.82, 2.24) is 0 Å². The van der Waals surface area contributed by atoms with Crippen LogP contribution >= 0.6 is 0 Å². The van der Waals surface area contributed by atoms with Crippen molar-refractivity contribution in [3.8, 4) is 0 Å². The third-order valence-corrected chi connectivity index (χ3v) is 11.1. The summed E-state index contributed by atoms with van der Waals surface area (Å²) in [7, 11) is 0. The maximum atomic E-state index is 12.8. The minimum Gasteiger partial charge on any atom is -0.462 e. The number of allylic oxidation sites excluding steroid dienone is 24. The van der Waals surface area contributed by atoms with Crippen LogP contribution in [0.3, 0.4) is 0 Å². The number of unbranched alkanes of at least 4 members (excludes halogenated alkanes) is 13. The van der Waals surface area contributed by atoms with Crippen LogP contribution in [0.1, 0.15) is 220 Å². The molecule has 0 amide bonds. The van der Waals surface area contributed by atoms with Gasteiger partial charge in [-0.25, -0.2) is 0 Å². The lowest BCUT2D eigenvalue weighted by Gasteiger charge is -2.18. The molecule has 0 N–H and O–H groups in total. The fraction of sp³-hybridized carbons (Fsp3) is 0.578. The molecule has 0 fully saturated rings. The van der Waals surface area contributed by atoms with E-state index in [9.17, 15) is 14.4 Å². The monoisotopic (exact) mass is 965 g/mol. The van der Waals surface area contributed by atoms with Crippen LogP contribution in [0.5, 0.6) is 0 Å². The summed E-state index contributed by atoms with van der Waals surface area (Å²) >= 11 is 0. The van der Waals surface area contributed by atoms with E-state index in [-0.39, 0.29) is 44.0 Å². The van der Waals surface area contributed by atoms with Crippen molar-refractivity contribution in [3.05, 3.63) is 146 Å². The lowest BCUT2D eigenvalue weighted by atomic mass is 10.1. The minimum absolute atomic E-state index is 0.109. The SMILES string of the molecule is CC/C=C\C/C=C\C/C=C\C/C=C\C/C=C\C/C=C\C/C=C\CCCC(=O)OCC(COC(=O)CCCCCCCCCC)OC(=O)CCCCCCC/C=C\C/C=C\C/C=C\C/C=C\C/C=C\CC. The molecule has 0 aromatic rings. The Bertz CT molecular complexity index is 1580. The maximum absolute atomic E-state index is 12.8. The molecule has 1 atom stereocenters. The lowest BCUT2D eigenvalue weighted by molar-refractivity contribution is -0.167. The highest BCUT2D eigenvalue weighted by molar-refractivity contribution is 5.71. The predicted octanol–water partition coefficient (Wildman–Crippen LogP) is 18.8. The van der Waals surface area contributed by atoms with E-state index < -0.39 is 6.10 Å². The van der Waals surface area contributed by atoms with Gasteiger partial charge in [0.25, 0.3) is 0 Å². The quantitative estimate of drug-likeness (QED) is 0.0262. The van der Waals surface area contributed by atoms with Crippen LogP contribution in [-0.4, -0.2) is 37.2 Å². The second kappa shape index (κ2) is 56.9. The van der Waals surface area contributed by atoms with Gasteiger partial charge in [0, 0.05) is 19.3 Å². The molecule has 392 valence electrons. The first-order valence-electron chi connectivity index (χ1n) is 27.8. The highest BCUT2D eigenvalue weighted by atomic mass is 16.6. The third kappa shape index (κ3) is 54.2. The molecule has 0 heterocycles. The Labute approximate surface area is 429 Å². The van der Waals surface area contributed by atoms with Gasteiger partial charge in [-0.3, -0.25) is 14.4 Å². The van der Waals surface area contributed by atoms with Crippen LogP contribution in [0.4, 0.5) is 0 Å². The average Bonchev–Trinajstić information content (AvgIpc) is 3.36. The lowest BCUT2D eigenvalue weighted by Crippen LogP contribution is -2.30. The summed E-state index contributed by atoms with van der Waals surface area (Å²) in [6, 6.07) is 0. The van der Waals surface area contributed by atoms with Crippen molar-refractivity contribution in [3.63, 3.8) is 0 Å². The fourth-order valence-electron chi connectivity index (χ4n) is 6.99. The molecule has 0 spiro atoms. The fourth-order valence-corrected chi connectivity index (χ4v) is 6.99. The number of esters is 3. The first-order valence-corrected chi connectivity index (χ1v) is 27.8. The third-order valence-electron chi connectivity index (χ3n) is 11.1. The second-order valence-electron chi connectivity index (χ2n) is 17.7. The largest absolute Gasteiger partial charge is 0.462 e. The molecule has 0 rings (SSSR count). The van der Waals surface area contributed by atoms with Crippen molar-refractivity contribution >= 4 is 17.9 Å². The molecule has 6 heteroatoms. The molecular weight excluding hydrogens is 865 g/mol. The van der Waals surface area contributed by atoms with E-state index in [1.165, 1.54) is 32.1 Å². The molecule has 1 unspecified atom stereocenters. The summed E-state index contributed by atoms with van der Waals surface area (Å²) in [5.74, 6) is -1.00. The van der Waals surface area contributed by atoms with Crippen LogP contribution < -0.4 is 0 Å². The number of rotatable bonds is 48. The summed E-state index contributed by atoms with van der Waals surface area (Å²) in [5.41, 5.74) is 0. The topological polar surface area (TPSA) is 78.9 Å². The van der Waals surface area contributed by atoms with Gasteiger partial charge in [0.15, 0.2) is 6.10 Å². The molecule has 70 heavy (non-hydrogen) atoms. The summed E-state index contributed by atoms with van der Waals surface area (Å²) < 4.78 is 16.7. The van der Waals surface area contributed by atoms with Gasteiger partial charge >= 0.3 is 17.9 Å². The molecule has 0 aromatic heterocycles. The Balaban J connectivity index is 4.44. The molecule has 0 aliphatic rings. The standard InChI is InChI=1S/C64H100O6/c1-4-7-10-13-16-19-21-23-25-27-29-31-32-34-35-37-39-41-43-45-48-51-54-57-63(66)69-60-61(59-68-62(65)56-53-50-47-18-15-12-9-6-3)70-64(67)58-55-52-49-46-44-42-40-38-36-33-30-28-26-24-22-20-17-14-11-8-5-2/h7-8,10-11,16-17,19-20,23-26,29-31,33-35,38-41,45,48,61H,4-6,9,12-15,18,21-22,27-28,32,36-37,42-44,46-47,49-60H2,1-3H3/b10-7-,11-8-,19-16-,20-17-,25-23-,26-24-,31-29-,33-30-,35-34-,40-38-,41-39-,48-45-. The van der Waals surface area contributed by atoms with Gasteiger partial charge in [0.05, 0.1) is 0 Å². The molecule has 0 aliphatic carbocycles. The highest BCUT2D eigenvalue weighted by Gasteiger charge is 2.19. The van der Waals surface area contributed by atoms with Crippen LogP contribution in [0.25, 0.3) is 0 Å². The predicted molar refractivity (Wildman–Crippen MR) is 302 cm³/mol. The van der Waals surface area contributed by atoms with Gasteiger partial charge in [0.1, 0.15) is 13.2 Å². The smallest absolute Gasteiger partial charge is 0.306 e. The summed E-state index contributed by atoms with van der Waals surface area (Å²) in [6.07, 6.45) is 81.4. The highest BCUT2D eigenvalue weighted by Crippen LogP contribution is 2.13. The van der Waals surface area contributed by atoms with E-state index in [0.29, 0.717) is 12.8 Å². The van der Waals surface area contributed by atoms with E-state index in [4.69, 9.17) is 14.2 Å². The Kier molecular flexibility index (Phi) is 53.0. The van der Waals surface area contributed by atoms with Crippen molar-refractivity contribution in [2.45, 2.75) is 226 Å². The molecule has 0 bridgehead atoms. The number of carbonyl (C=O) groups excluding carboxylic acids is 3. The van der Waals surface area contributed by atoms with Crippen molar-refractivity contribution in [1.29, 1.82) is 0 Å². The van der Waals surface area contributed by atoms with Crippen LogP contribution in [0.15, 0.2) is 146 Å². The molecule has 0 saturated carbocycles. The molecule has 0 aromatic carbocycles. The van der Waals surface area contributed by atoms with Crippen LogP contribution in [0.2, 0.25) is 0 Å². The Morgan fingerprint density at radius 3 is 0.929 bits per heavy atom. The molecular formula is C64H100O6. The second-order valence-corrected chi connectivity index (χ2v) is 17.7. The first-order chi connectivity index (χ1) is 34.5. The normalized spacial score (nSPS) is 13.2. The maximum Gasteiger partial charge on any atom is 0.306 e. The van der Waals surface area contributed by atoms with E-state index in [1.54, 1.807) is 0 Å². The van der Waals surface area contributed by atoms with E-state index in [1.807, 2.05) is 0 Å². The van der Waals surface area contributed by atoms with Crippen molar-refractivity contribution < 1.29 is 28.6 Å². The van der Waals surface area contributed by atoms with E-state index >= 15 is 0 Å². The van der Waals surface area contributed by atoms with Gasteiger partial charge in [0.2, 0.25) is 0 Å². The zero-order valence-corrected chi connectivity index (χ0v) is 44.7. The molecule has 0 radical (unpaired) electrons. The van der Waals surface area contributed by atoms with Crippen molar-refractivity contribution in [2.75, 3.05) is 13.2 Å². The van der Waals surface area contributed by atoms with Gasteiger partial charge in [-0.15, -0.1) is 0 Å². The van der Waals surface area contributed by atoms with Crippen LogP contribution in [0, 0.1) is 0 Å². The summed E-state index contributed by atoms with van der Waals surface area (Å²) in [6.45, 7) is 6.30. The van der Waals surface area contributed by atoms with Crippen molar-refractivity contribution in [2.24, 2.45) is 0 Å². The first kappa shape index (κ1) is 65.3. The Morgan fingerprint density at radius 1 is 0.300 bits per heavy atom. The van der Waals surface area contributed by atoms with Crippen LogP contribution in [-0.2, 0) is 28.6 Å². The average molecular weight is 965 g/mol. The number of ether oxygens (including phenoxy) is 3. The van der Waals surface area contributed by atoms with Gasteiger partial charge in [-0.2, -0.15) is 0 Å². The number of carbonyl (C=O) groups is 3. The van der Waals surface area contributed by atoms with Gasteiger partial charge in [-0.1, -0.05) is 231 Å².